The zero-order valence-electron chi connectivity index (χ0n) is 10.2. The highest BCUT2D eigenvalue weighted by Gasteiger charge is 2.36. The van der Waals surface area contributed by atoms with E-state index in [0.717, 1.165) is 38.5 Å². The molecule has 0 unspecified atom stereocenters. The second kappa shape index (κ2) is 4.94. The molecular formula is C12H22N4O. The van der Waals surface area contributed by atoms with E-state index in [2.05, 4.69) is 10.6 Å². The molecule has 0 atom stereocenters. The average Bonchev–Trinajstić information content (AvgIpc) is 3.05. The third kappa shape index (κ3) is 3.11. The van der Waals surface area contributed by atoms with E-state index in [-0.39, 0.29) is 11.9 Å². The molecule has 2 fully saturated rings. The van der Waals surface area contributed by atoms with Gasteiger partial charge in [-0.05, 0) is 25.7 Å². The van der Waals surface area contributed by atoms with Gasteiger partial charge in [-0.1, -0.05) is 25.7 Å². The van der Waals surface area contributed by atoms with Crippen LogP contribution in [0.15, 0.2) is 0 Å². The van der Waals surface area contributed by atoms with Crippen LogP contribution in [0.1, 0.15) is 51.4 Å². The van der Waals surface area contributed by atoms with Gasteiger partial charge in [0.05, 0.1) is 5.54 Å². The topological polar surface area (TPSA) is 91.0 Å². The number of nitrogens with one attached hydrogen (secondary N) is 3. The Morgan fingerprint density at radius 3 is 2.24 bits per heavy atom. The van der Waals surface area contributed by atoms with Gasteiger partial charge in [0.25, 0.3) is 0 Å². The lowest BCUT2D eigenvalue weighted by atomic mass is 9.89. The number of amides is 2. The van der Waals surface area contributed by atoms with E-state index in [4.69, 9.17) is 11.1 Å². The Bertz CT molecular complexity index is 304. The summed E-state index contributed by atoms with van der Waals surface area (Å²) in [5, 5.41) is 13.6. The van der Waals surface area contributed by atoms with Crippen molar-refractivity contribution >= 4 is 11.9 Å². The maximum Gasteiger partial charge on any atom is 0.315 e. The summed E-state index contributed by atoms with van der Waals surface area (Å²) in [4.78, 5) is 11.8. The highest BCUT2D eigenvalue weighted by molar-refractivity contribution is 5.91. The standard InChI is InChI=1S/C12H22N4O/c13-10(14)12(7-3-1-2-4-8-12)16-11(17)15-9-5-6-9/h9H,1-8H2,(H3,13,14)(H2,15,16,17). The Hall–Kier alpha value is -1.26. The quantitative estimate of drug-likeness (QED) is 0.341. The predicted molar refractivity (Wildman–Crippen MR) is 67.0 cm³/mol. The molecule has 2 saturated carbocycles. The summed E-state index contributed by atoms with van der Waals surface area (Å²) < 4.78 is 0. The number of hydrogen-bond acceptors (Lipinski definition) is 2. The molecule has 5 heteroatoms. The van der Waals surface area contributed by atoms with Crippen LogP contribution in [-0.2, 0) is 0 Å². The smallest absolute Gasteiger partial charge is 0.315 e. The Labute approximate surface area is 102 Å². The molecule has 2 aliphatic carbocycles. The van der Waals surface area contributed by atoms with E-state index in [1.165, 1.54) is 12.8 Å². The van der Waals surface area contributed by atoms with Crippen LogP contribution in [0.2, 0.25) is 0 Å². The highest BCUT2D eigenvalue weighted by Crippen LogP contribution is 2.27. The number of hydrogen-bond donors (Lipinski definition) is 4. The average molecular weight is 238 g/mol. The third-order valence-electron chi connectivity index (χ3n) is 3.74. The summed E-state index contributed by atoms with van der Waals surface area (Å²) in [5.41, 5.74) is 5.11. The molecule has 0 aliphatic heterocycles. The van der Waals surface area contributed by atoms with Crippen molar-refractivity contribution in [3.63, 3.8) is 0 Å². The fourth-order valence-electron chi connectivity index (χ4n) is 2.46. The molecule has 0 bridgehead atoms. The summed E-state index contributed by atoms with van der Waals surface area (Å²) in [6.45, 7) is 0. The minimum Gasteiger partial charge on any atom is -0.386 e. The van der Waals surface area contributed by atoms with Crippen LogP contribution in [-0.4, -0.2) is 23.4 Å². The second-order valence-corrected chi connectivity index (χ2v) is 5.28. The molecule has 0 radical (unpaired) electrons. The van der Waals surface area contributed by atoms with Gasteiger partial charge in [0.2, 0.25) is 0 Å². The molecule has 0 aromatic carbocycles. The minimum atomic E-state index is -0.602. The molecule has 5 nitrogen and oxygen atoms in total. The fourth-order valence-corrected chi connectivity index (χ4v) is 2.46. The first kappa shape index (κ1) is 12.2. The maximum absolute atomic E-state index is 11.8. The molecule has 0 saturated heterocycles. The number of carbonyl (C=O) groups excluding carboxylic acids is 1. The van der Waals surface area contributed by atoms with Gasteiger partial charge < -0.3 is 16.4 Å². The van der Waals surface area contributed by atoms with Gasteiger partial charge in [-0.2, -0.15) is 0 Å². The zero-order chi connectivity index (χ0) is 12.3. The number of carbonyl (C=O) groups is 1. The highest BCUT2D eigenvalue weighted by atomic mass is 16.2. The SMILES string of the molecule is N=C(N)C1(NC(=O)NC2CC2)CCCCCC1. The van der Waals surface area contributed by atoms with E-state index in [1.807, 2.05) is 0 Å². The summed E-state index contributed by atoms with van der Waals surface area (Å²) >= 11 is 0. The summed E-state index contributed by atoms with van der Waals surface area (Å²) in [5.74, 6) is 0.102. The molecule has 2 rings (SSSR count). The molecule has 17 heavy (non-hydrogen) atoms. The van der Waals surface area contributed by atoms with Crippen LogP contribution >= 0.6 is 0 Å². The first-order valence-electron chi connectivity index (χ1n) is 6.56. The molecule has 0 heterocycles. The molecule has 0 aromatic rings. The number of amidine groups is 1. The van der Waals surface area contributed by atoms with Gasteiger partial charge in [0.15, 0.2) is 0 Å². The second-order valence-electron chi connectivity index (χ2n) is 5.28. The van der Waals surface area contributed by atoms with Crippen LogP contribution in [0.3, 0.4) is 0 Å². The van der Waals surface area contributed by atoms with Gasteiger partial charge in [0, 0.05) is 6.04 Å². The maximum atomic E-state index is 11.8. The minimum absolute atomic E-state index is 0.102. The molecule has 0 aromatic heterocycles. The Balaban J connectivity index is 1.98. The lowest BCUT2D eigenvalue weighted by molar-refractivity contribution is 0.229. The van der Waals surface area contributed by atoms with Crippen molar-refractivity contribution in [2.45, 2.75) is 62.9 Å². The summed E-state index contributed by atoms with van der Waals surface area (Å²) in [6.07, 6.45) is 8.12. The van der Waals surface area contributed by atoms with Crippen molar-refractivity contribution in [3.8, 4) is 0 Å². The van der Waals surface area contributed by atoms with Crippen molar-refractivity contribution in [3.05, 3.63) is 0 Å². The van der Waals surface area contributed by atoms with Crippen LogP contribution < -0.4 is 16.4 Å². The molecule has 2 aliphatic rings. The van der Waals surface area contributed by atoms with E-state index in [1.54, 1.807) is 0 Å². The van der Waals surface area contributed by atoms with Crippen molar-refractivity contribution in [2.24, 2.45) is 5.73 Å². The Kier molecular flexibility index (Phi) is 3.54. The van der Waals surface area contributed by atoms with Crippen molar-refractivity contribution in [1.29, 1.82) is 5.41 Å². The van der Waals surface area contributed by atoms with Crippen LogP contribution in [0.25, 0.3) is 0 Å². The zero-order valence-corrected chi connectivity index (χ0v) is 10.2. The largest absolute Gasteiger partial charge is 0.386 e. The lowest BCUT2D eigenvalue weighted by Crippen LogP contribution is -2.59. The summed E-state index contributed by atoms with van der Waals surface area (Å²) in [6, 6.07) is 0.175. The molecule has 96 valence electrons. The van der Waals surface area contributed by atoms with Crippen LogP contribution in [0.5, 0.6) is 0 Å². The Morgan fingerprint density at radius 2 is 1.76 bits per heavy atom. The van der Waals surface area contributed by atoms with Gasteiger partial charge >= 0.3 is 6.03 Å². The first-order chi connectivity index (χ1) is 8.12. The van der Waals surface area contributed by atoms with E-state index in [0.29, 0.717) is 6.04 Å². The van der Waals surface area contributed by atoms with Gasteiger partial charge in [-0.25, -0.2) is 4.79 Å². The fraction of sp³-hybridized carbons (Fsp3) is 0.833. The monoisotopic (exact) mass is 238 g/mol. The first-order valence-corrected chi connectivity index (χ1v) is 6.56. The van der Waals surface area contributed by atoms with E-state index in [9.17, 15) is 4.79 Å². The van der Waals surface area contributed by atoms with Gasteiger partial charge in [0.1, 0.15) is 5.84 Å². The molecular weight excluding hydrogens is 216 g/mol. The number of rotatable bonds is 3. The van der Waals surface area contributed by atoms with E-state index >= 15 is 0 Å². The van der Waals surface area contributed by atoms with Crippen LogP contribution in [0.4, 0.5) is 4.79 Å². The lowest BCUT2D eigenvalue weighted by Gasteiger charge is -2.32. The molecule has 2 amide bonds. The van der Waals surface area contributed by atoms with Gasteiger partial charge in [-0.3, -0.25) is 5.41 Å². The number of urea groups is 1. The predicted octanol–water partition coefficient (Wildman–Crippen LogP) is 1.48. The molecule has 5 N–H and O–H groups in total. The summed E-state index contributed by atoms with van der Waals surface area (Å²) in [7, 11) is 0. The Morgan fingerprint density at radius 1 is 1.18 bits per heavy atom. The third-order valence-corrected chi connectivity index (χ3v) is 3.74. The van der Waals surface area contributed by atoms with Crippen molar-refractivity contribution in [2.75, 3.05) is 0 Å². The number of nitrogens with two attached hydrogens (primary N) is 1. The normalized spacial score (nSPS) is 23.5. The van der Waals surface area contributed by atoms with E-state index < -0.39 is 5.54 Å². The van der Waals surface area contributed by atoms with Gasteiger partial charge in [-0.15, -0.1) is 0 Å². The molecule has 0 spiro atoms. The van der Waals surface area contributed by atoms with Crippen molar-refractivity contribution < 1.29 is 4.79 Å². The van der Waals surface area contributed by atoms with Crippen LogP contribution in [0, 0.1) is 5.41 Å². The van der Waals surface area contributed by atoms with Crippen molar-refractivity contribution in [1.82, 2.24) is 10.6 Å².